The Hall–Kier alpha value is -0.590. The molecular formula is C8H17N3. The van der Waals surface area contributed by atoms with Gasteiger partial charge in [0, 0.05) is 6.54 Å². The Morgan fingerprint density at radius 3 is 2.45 bits per heavy atom. The van der Waals surface area contributed by atoms with Gasteiger partial charge in [-0.1, -0.05) is 13.8 Å². The number of hydrogen-bond acceptors (Lipinski definition) is 3. The molecule has 0 atom stereocenters. The van der Waals surface area contributed by atoms with Gasteiger partial charge >= 0.3 is 0 Å². The van der Waals surface area contributed by atoms with E-state index < -0.39 is 0 Å². The number of nitrogens with zero attached hydrogens (tertiary/aromatic N) is 2. The van der Waals surface area contributed by atoms with Crippen LogP contribution in [0.15, 0.2) is 0 Å². The van der Waals surface area contributed by atoms with Gasteiger partial charge in [-0.2, -0.15) is 5.26 Å². The van der Waals surface area contributed by atoms with Gasteiger partial charge in [-0.15, -0.1) is 0 Å². The molecule has 0 aromatic rings. The van der Waals surface area contributed by atoms with E-state index in [9.17, 15) is 0 Å². The van der Waals surface area contributed by atoms with Gasteiger partial charge in [0.05, 0.1) is 12.6 Å². The summed E-state index contributed by atoms with van der Waals surface area (Å²) in [5, 5.41) is 8.38. The van der Waals surface area contributed by atoms with Crippen LogP contribution in [-0.4, -0.2) is 31.6 Å². The van der Waals surface area contributed by atoms with Crippen molar-refractivity contribution >= 4 is 0 Å². The molecule has 0 aliphatic rings. The first-order valence-electron chi connectivity index (χ1n) is 3.77. The Bertz CT molecular complexity index is 146. The molecule has 0 aromatic carbocycles. The second kappa shape index (κ2) is 4.32. The van der Waals surface area contributed by atoms with Crippen molar-refractivity contribution in [1.29, 1.82) is 5.26 Å². The number of nitrogens with two attached hydrogens (primary N) is 1. The van der Waals surface area contributed by atoms with Gasteiger partial charge in [-0.05, 0) is 19.0 Å². The number of rotatable bonds is 4. The smallest absolute Gasteiger partial charge is 0.0863 e. The van der Waals surface area contributed by atoms with Crippen molar-refractivity contribution in [3.05, 3.63) is 0 Å². The molecule has 0 aliphatic heterocycles. The Balaban J connectivity index is 3.75. The van der Waals surface area contributed by atoms with Crippen molar-refractivity contribution in [1.82, 2.24) is 4.90 Å². The highest BCUT2D eigenvalue weighted by Gasteiger charge is 2.17. The maximum absolute atomic E-state index is 8.38. The summed E-state index contributed by atoms with van der Waals surface area (Å²) in [5.74, 6) is 0. The van der Waals surface area contributed by atoms with Crippen LogP contribution >= 0.6 is 0 Å². The Kier molecular flexibility index (Phi) is 4.09. The molecule has 0 heterocycles. The summed E-state index contributed by atoms with van der Waals surface area (Å²) in [6, 6.07) is 2.10. The third-order valence-electron chi connectivity index (χ3n) is 1.59. The average Bonchev–Trinajstić information content (AvgIpc) is 1.87. The van der Waals surface area contributed by atoms with Crippen LogP contribution in [0.25, 0.3) is 0 Å². The van der Waals surface area contributed by atoms with Gasteiger partial charge in [0.1, 0.15) is 0 Å². The Labute approximate surface area is 68.8 Å². The molecule has 3 heteroatoms. The minimum atomic E-state index is 0.117. The molecule has 11 heavy (non-hydrogen) atoms. The minimum Gasteiger partial charge on any atom is -0.330 e. The predicted molar refractivity (Wildman–Crippen MR) is 45.9 cm³/mol. The van der Waals surface area contributed by atoms with Crippen molar-refractivity contribution in [2.24, 2.45) is 11.1 Å². The van der Waals surface area contributed by atoms with Gasteiger partial charge in [0.2, 0.25) is 0 Å². The standard InChI is InChI=1S/C8H17N3/c1-8(2,6-10)7-11(3)5-4-9/h5-7,10H2,1-3H3. The summed E-state index contributed by atoms with van der Waals surface area (Å²) >= 11 is 0. The molecular weight excluding hydrogens is 138 g/mol. The average molecular weight is 155 g/mol. The van der Waals surface area contributed by atoms with Gasteiger partial charge in [0.15, 0.2) is 0 Å². The molecule has 64 valence electrons. The quantitative estimate of drug-likeness (QED) is 0.599. The molecule has 0 bridgehead atoms. The zero-order valence-electron chi connectivity index (χ0n) is 7.59. The summed E-state index contributed by atoms with van der Waals surface area (Å²) in [6.07, 6.45) is 0. The van der Waals surface area contributed by atoms with E-state index in [2.05, 4.69) is 19.9 Å². The van der Waals surface area contributed by atoms with Crippen molar-refractivity contribution < 1.29 is 0 Å². The minimum absolute atomic E-state index is 0.117. The lowest BCUT2D eigenvalue weighted by molar-refractivity contribution is 0.233. The van der Waals surface area contributed by atoms with E-state index in [0.717, 1.165) is 6.54 Å². The molecule has 0 aliphatic carbocycles. The van der Waals surface area contributed by atoms with Crippen LogP contribution in [0.4, 0.5) is 0 Å². The molecule has 3 nitrogen and oxygen atoms in total. The molecule has 0 saturated carbocycles. The highest BCUT2D eigenvalue weighted by atomic mass is 15.1. The summed E-state index contributed by atoms with van der Waals surface area (Å²) in [4.78, 5) is 1.98. The number of hydrogen-bond donors (Lipinski definition) is 1. The lowest BCUT2D eigenvalue weighted by atomic mass is 9.93. The van der Waals surface area contributed by atoms with Crippen LogP contribution in [0.5, 0.6) is 0 Å². The van der Waals surface area contributed by atoms with Gasteiger partial charge in [-0.25, -0.2) is 0 Å². The molecule has 0 saturated heterocycles. The Morgan fingerprint density at radius 1 is 1.55 bits per heavy atom. The first kappa shape index (κ1) is 10.4. The van der Waals surface area contributed by atoms with Gasteiger partial charge < -0.3 is 5.73 Å². The lowest BCUT2D eigenvalue weighted by Crippen LogP contribution is -2.36. The van der Waals surface area contributed by atoms with Crippen LogP contribution in [-0.2, 0) is 0 Å². The zero-order chi connectivity index (χ0) is 8.91. The maximum atomic E-state index is 8.38. The monoisotopic (exact) mass is 155 g/mol. The van der Waals surface area contributed by atoms with Crippen molar-refractivity contribution in [3.8, 4) is 6.07 Å². The third kappa shape index (κ3) is 4.77. The summed E-state index contributed by atoms with van der Waals surface area (Å²) in [5.41, 5.74) is 5.66. The van der Waals surface area contributed by atoms with Gasteiger partial charge in [-0.3, -0.25) is 4.90 Å². The SMILES string of the molecule is CN(CC#N)CC(C)(C)CN. The topological polar surface area (TPSA) is 53.0 Å². The van der Waals surface area contributed by atoms with Crippen molar-refractivity contribution in [2.45, 2.75) is 13.8 Å². The van der Waals surface area contributed by atoms with E-state index in [1.165, 1.54) is 0 Å². The fraction of sp³-hybridized carbons (Fsp3) is 0.875. The van der Waals surface area contributed by atoms with E-state index in [0.29, 0.717) is 13.1 Å². The molecule has 0 amide bonds. The van der Waals surface area contributed by atoms with E-state index in [-0.39, 0.29) is 5.41 Å². The second-order valence-corrected chi connectivity index (χ2v) is 3.70. The summed E-state index contributed by atoms with van der Waals surface area (Å²) < 4.78 is 0. The van der Waals surface area contributed by atoms with Gasteiger partial charge in [0.25, 0.3) is 0 Å². The highest BCUT2D eigenvalue weighted by Crippen LogP contribution is 2.13. The fourth-order valence-corrected chi connectivity index (χ4v) is 0.972. The molecule has 0 unspecified atom stereocenters. The molecule has 2 N–H and O–H groups in total. The van der Waals surface area contributed by atoms with Crippen LogP contribution < -0.4 is 5.73 Å². The first-order valence-corrected chi connectivity index (χ1v) is 3.77. The molecule has 0 spiro atoms. The molecule has 0 radical (unpaired) electrons. The summed E-state index contributed by atoms with van der Waals surface area (Å²) in [6.45, 7) is 6.20. The normalized spacial score (nSPS) is 11.6. The summed E-state index contributed by atoms with van der Waals surface area (Å²) in [7, 11) is 1.93. The van der Waals surface area contributed by atoms with E-state index in [1.54, 1.807) is 0 Å². The fourth-order valence-electron chi connectivity index (χ4n) is 0.972. The lowest BCUT2D eigenvalue weighted by Gasteiger charge is -2.27. The van der Waals surface area contributed by atoms with Crippen LogP contribution in [0.1, 0.15) is 13.8 Å². The van der Waals surface area contributed by atoms with E-state index in [1.807, 2.05) is 11.9 Å². The molecule has 0 rings (SSSR count). The van der Waals surface area contributed by atoms with Crippen LogP contribution in [0, 0.1) is 16.7 Å². The largest absolute Gasteiger partial charge is 0.330 e. The van der Waals surface area contributed by atoms with Crippen molar-refractivity contribution in [2.75, 3.05) is 26.7 Å². The van der Waals surface area contributed by atoms with Crippen molar-refractivity contribution in [3.63, 3.8) is 0 Å². The van der Waals surface area contributed by atoms with E-state index >= 15 is 0 Å². The predicted octanol–water partition coefficient (Wildman–Crippen LogP) is 0.427. The highest BCUT2D eigenvalue weighted by molar-refractivity contribution is 4.79. The Morgan fingerprint density at radius 2 is 2.09 bits per heavy atom. The maximum Gasteiger partial charge on any atom is 0.0863 e. The third-order valence-corrected chi connectivity index (χ3v) is 1.59. The second-order valence-electron chi connectivity index (χ2n) is 3.70. The van der Waals surface area contributed by atoms with Crippen LogP contribution in [0.3, 0.4) is 0 Å². The molecule has 0 aromatic heterocycles. The first-order chi connectivity index (χ1) is 5.02. The number of nitriles is 1. The zero-order valence-corrected chi connectivity index (χ0v) is 7.59. The molecule has 0 fully saturated rings. The van der Waals surface area contributed by atoms with E-state index in [4.69, 9.17) is 11.0 Å². The van der Waals surface area contributed by atoms with Crippen LogP contribution in [0.2, 0.25) is 0 Å².